The molecule has 0 amide bonds. The Hall–Kier alpha value is -0.160. The topological polar surface area (TPSA) is 38.7 Å². The summed E-state index contributed by atoms with van der Waals surface area (Å²) in [7, 11) is 2.25. The van der Waals surface area contributed by atoms with Crippen LogP contribution in [-0.4, -0.2) is 72.9 Å². The van der Waals surface area contributed by atoms with Gasteiger partial charge in [0.15, 0.2) is 0 Å². The van der Waals surface area contributed by atoms with Crippen molar-refractivity contribution in [1.29, 1.82) is 0 Å². The second kappa shape index (κ2) is 9.78. The maximum atomic E-state index is 9.49. The van der Waals surface area contributed by atoms with E-state index in [0.29, 0.717) is 0 Å². The lowest BCUT2D eigenvalue weighted by molar-refractivity contribution is 0.161. The van der Waals surface area contributed by atoms with Crippen LogP contribution in [-0.2, 0) is 0 Å². The number of nitrogens with one attached hydrogen (secondary N) is 1. The normalized spacial score (nSPS) is 22.9. The zero-order valence-corrected chi connectivity index (χ0v) is 14.7. The van der Waals surface area contributed by atoms with Crippen LogP contribution < -0.4 is 5.32 Å². The molecule has 4 nitrogen and oxygen atoms in total. The molecule has 1 saturated heterocycles. The van der Waals surface area contributed by atoms with E-state index in [1.165, 1.54) is 51.9 Å². The van der Waals surface area contributed by atoms with Gasteiger partial charge >= 0.3 is 0 Å². The first kappa shape index (κ1) is 18.9. The van der Waals surface area contributed by atoms with Gasteiger partial charge in [0.2, 0.25) is 0 Å². The summed E-state index contributed by atoms with van der Waals surface area (Å²) in [5, 5.41) is 12.9. The third kappa shape index (κ3) is 6.64. The van der Waals surface area contributed by atoms with Crippen LogP contribution in [0.1, 0.15) is 52.9 Å². The number of likely N-dealkylation sites (N-methyl/N-ethyl adjacent to an activating group) is 3. The zero-order valence-electron chi connectivity index (χ0n) is 14.7. The number of aliphatic hydroxyl groups excluding tert-OH is 1. The molecule has 0 spiro atoms. The van der Waals surface area contributed by atoms with Crippen molar-refractivity contribution in [3.05, 3.63) is 0 Å². The molecule has 0 radical (unpaired) electrons. The van der Waals surface area contributed by atoms with Crippen LogP contribution in [0.15, 0.2) is 0 Å². The molecule has 126 valence electrons. The van der Waals surface area contributed by atoms with Crippen molar-refractivity contribution in [2.45, 2.75) is 64.5 Å². The van der Waals surface area contributed by atoms with Crippen LogP contribution in [0.5, 0.6) is 0 Å². The monoisotopic (exact) mass is 299 g/mol. The van der Waals surface area contributed by atoms with E-state index >= 15 is 0 Å². The lowest BCUT2D eigenvalue weighted by Crippen LogP contribution is -2.45. The molecule has 4 heteroatoms. The van der Waals surface area contributed by atoms with E-state index < -0.39 is 0 Å². The molecule has 0 aromatic rings. The van der Waals surface area contributed by atoms with Crippen molar-refractivity contribution in [1.82, 2.24) is 15.1 Å². The predicted octanol–water partition coefficient (Wildman–Crippen LogP) is 1.93. The molecule has 0 aliphatic carbocycles. The number of hydrogen-bond acceptors (Lipinski definition) is 4. The molecule has 0 saturated carbocycles. The van der Waals surface area contributed by atoms with E-state index in [-0.39, 0.29) is 12.1 Å². The van der Waals surface area contributed by atoms with E-state index in [0.717, 1.165) is 19.0 Å². The Morgan fingerprint density at radius 3 is 2.71 bits per heavy atom. The highest BCUT2D eigenvalue weighted by Crippen LogP contribution is 2.18. The van der Waals surface area contributed by atoms with Gasteiger partial charge in [-0.05, 0) is 65.8 Å². The third-order valence-corrected chi connectivity index (χ3v) is 4.90. The number of likely N-dealkylation sites (tertiary alicyclic amines) is 1. The molecule has 1 heterocycles. The lowest BCUT2D eigenvalue weighted by atomic mass is 9.95. The largest absolute Gasteiger partial charge is 0.394 e. The number of unbranched alkanes of at least 4 members (excludes halogenated alkanes) is 1. The van der Waals surface area contributed by atoms with Gasteiger partial charge in [0, 0.05) is 18.1 Å². The number of nitrogens with zero attached hydrogens (tertiary/aromatic N) is 2. The molecule has 2 unspecified atom stereocenters. The van der Waals surface area contributed by atoms with Crippen molar-refractivity contribution in [2.24, 2.45) is 0 Å². The van der Waals surface area contributed by atoms with Gasteiger partial charge in [-0.15, -0.1) is 0 Å². The number of aliphatic hydroxyl groups is 1. The molecule has 2 atom stereocenters. The summed E-state index contributed by atoms with van der Waals surface area (Å²) in [5.74, 6) is 0. The SMILES string of the molecule is CCNC(C)(CO)CCCCN(C)CC1CCCN1CC. The maximum Gasteiger partial charge on any atom is 0.0610 e. The lowest BCUT2D eigenvalue weighted by Gasteiger charge is -2.30. The molecule has 2 N–H and O–H groups in total. The average molecular weight is 300 g/mol. The molecule has 0 bridgehead atoms. The fraction of sp³-hybridized carbons (Fsp3) is 1.00. The molecule has 1 aliphatic heterocycles. The van der Waals surface area contributed by atoms with Crippen LogP contribution >= 0.6 is 0 Å². The van der Waals surface area contributed by atoms with Gasteiger partial charge in [-0.2, -0.15) is 0 Å². The standard InChI is InChI=1S/C17H37N3O/c1-5-18-17(3,15-21)11-7-8-12-19(4)14-16-10-9-13-20(16)6-2/h16,18,21H,5-15H2,1-4H3. The molecule has 1 rings (SSSR count). The van der Waals surface area contributed by atoms with Crippen molar-refractivity contribution in [3.8, 4) is 0 Å². The molecule has 21 heavy (non-hydrogen) atoms. The Labute approximate surface area is 131 Å². The minimum atomic E-state index is -0.0994. The highest BCUT2D eigenvalue weighted by molar-refractivity contribution is 4.82. The minimum Gasteiger partial charge on any atom is -0.394 e. The number of rotatable bonds is 11. The summed E-state index contributed by atoms with van der Waals surface area (Å²) < 4.78 is 0. The van der Waals surface area contributed by atoms with E-state index in [9.17, 15) is 5.11 Å². The Balaban J connectivity index is 2.17. The molecular weight excluding hydrogens is 262 g/mol. The maximum absolute atomic E-state index is 9.49. The van der Waals surface area contributed by atoms with Crippen LogP contribution in [0.25, 0.3) is 0 Å². The quantitative estimate of drug-likeness (QED) is 0.572. The average Bonchev–Trinajstić information content (AvgIpc) is 2.91. The first-order valence-electron chi connectivity index (χ1n) is 8.83. The van der Waals surface area contributed by atoms with Gasteiger partial charge in [-0.25, -0.2) is 0 Å². The molecule has 0 aromatic heterocycles. The highest BCUT2D eigenvalue weighted by atomic mass is 16.3. The first-order chi connectivity index (χ1) is 10.0. The van der Waals surface area contributed by atoms with E-state index in [1.807, 2.05) is 0 Å². The molecular formula is C17H37N3O. The summed E-state index contributed by atoms with van der Waals surface area (Å²) in [6.45, 7) is 12.5. The van der Waals surface area contributed by atoms with Crippen LogP contribution in [0.2, 0.25) is 0 Å². The van der Waals surface area contributed by atoms with Crippen molar-refractivity contribution in [2.75, 3.05) is 46.4 Å². The zero-order chi connectivity index (χ0) is 15.7. The van der Waals surface area contributed by atoms with Gasteiger partial charge in [0.25, 0.3) is 0 Å². The van der Waals surface area contributed by atoms with Crippen LogP contribution in [0.3, 0.4) is 0 Å². The molecule has 1 fully saturated rings. The third-order valence-electron chi connectivity index (χ3n) is 4.90. The summed E-state index contributed by atoms with van der Waals surface area (Å²) in [4.78, 5) is 5.10. The Kier molecular flexibility index (Phi) is 8.79. The Bertz CT molecular complexity index is 275. The fourth-order valence-corrected chi connectivity index (χ4v) is 3.52. The van der Waals surface area contributed by atoms with Gasteiger partial charge < -0.3 is 15.3 Å². The van der Waals surface area contributed by atoms with Crippen molar-refractivity contribution < 1.29 is 5.11 Å². The van der Waals surface area contributed by atoms with Gasteiger partial charge in [-0.1, -0.05) is 20.3 Å². The predicted molar refractivity (Wildman–Crippen MR) is 90.8 cm³/mol. The number of hydrogen-bond donors (Lipinski definition) is 2. The second-order valence-electron chi connectivity index (χ2n) is 6.89. The first-order valence-corrected chi connectivity index (χ1v) is 8.83. The summed E-state index contributed by atoms with van der Waals surface area (Å²) in [6, 6.07) is 0.768. The fourth-order valence-electron chi connectivity index (χ4n) is 3.52. The highest BCUT2D eigenvalue weighted by Gasteiger charge is 2.24. The second-order valence-corrected chi connectivity index (χ2v) is 6.89. The van der Waals surface area contributed by atoms with Crippen LogP contribution in [0.4, 0.5) is 0 Å². The Morgan fingerprint density at radius 1 is 1.33 bits per heavy atom. The summed E-state index contributed by atoms with van der Waals surface area (Å²) in [6.07, 6.45) is 6.17. The smallest absolute Gasteiger partial charge is 0.0610 e. The Morgan fingerprint density at radius 2 is 2.10 bits per heavy atom. The van der Waals surface area contributed by atoms with E-state index in [1.54, 1.807) is 0 Å². The van der Waals surface area contributed by atoms with Gasteiger partial charge in [0.1, 0.15) is 0 Å². The van der Waals surface area contributed by atoms with E-state index in [4.69, 9.17) is 0 Å². The van der Waals surface area contributed by atoms with E-state index in [2.05, 4.69) is 42.9 Å². The van der Waals surface area contributed by atoms with Gasteiger partial charge in [-0.3, -0.25) is 4.90 Å². The van der Waals surface area contributed by atoms with Gasteiger partial charge in [0.05, 0.1) is 6.61 Å². The van der Waals surface area contributed by atoms with Crippen molar-refractivity contribution in [3.63, 3.8) is 0 Å². The molecule has 0 aromatic carbocycles. The summed E-state index contributed by atoms with van der Waals surface area (Å²) >= 11 is 0. The minimum absolute atomic E-state index is 0.0994. The van der Waals surface area contributed by atoms with Crippen molar-refractivity contribution >= 4 is 0 Å². The summed E-state index contributed by atoms with van der Waals surface area (Å²) in [5.41, 5.74) is -0.0994. The molecule has 1 aliphatic rings. The van der Waals surface area contributed by atoms with Crippen LogP contribution in [0, 0.1) is 0 Å².